The summed E-state index contributed by atoms with van der Waals surface area (Å²) in [5.74, 6) is 0.850. The van der Waals surface area contributed by atoms with E-state index in [1.807, 2.05) is 19.9 Å². The normalized spacial score (nSPS) is 14.5. The number of halogens is 2. The van der Waals surface area contributed by atoms with E-state index in [4.69, 9.17) is 9.47 Å². The third-order valence-electron chi connectivity index (χ3n) is 4.21. The molecular formula is C19H23F2N3O3. The highest BCUT2D eigenvalue weighted by Gasteiger charge is 2.25. The summed E-state index contributed by atoms with van der Waals surface area (Å²) in [6, 6.07) is 4.96. The van der Waals surface area contributed by atoms with Gasteiger partial charge in [0.05, 0.1) is 11.6 Å². The van der Waals surface area contributed by atoms with Crippen LogP contribution in [-0.2, 0) is 6.54 Å². The van der Waals surface area contributed by atoms with Crippen molar-refractivity contribution in [2.75, 3.05) is 13.2 Å². The molecule has 2 heterocycles. The number of nitrogens with one attached hydrogen (secondary N) is 1. The molecule has 2 aromatic rings. The summed E-state index contributed by atoms with van der Waals surface area (Å²) in [6.45, 7) is 7.10. The van der Waals surface area contributed by atoms with E-state index >= 15 is 0 Å². The number of fused-ring (bicyclic) bond motifs is 1. The van der Waals surface area contributed by atoms with Gasteiger partial charge in [-0.05, 0) is 30.5 Å². The minimum absolute atomic E-state index is 0.225. The zero-order valence-electron chi connectivity index (χ0n) is 15.5. The van der Waals surface area contributed by atoms with Crippen LogP contribution in [0.15, 0.2) is 24.4 Å². The molecule has 1 aromatic carbocycles. The number of benzene rings is 1. The summed E-state index contributed by atoms with van der Waals surface area (Å²) in [5.41, 5.74) is 0.186. The molecule has 27 heavy (non-hydrogen) atoms. The molecule has 0 saturated carbocycles. The fourth-order valence-electron chi connectivity index (χ4n) is 2.92. The number of carbonyl (C=O) groups is 1. The predicted molar refractivity (Wildman–Crippen MR) is 95.3 cm³/mol. The topological polar surface area (TPSA) is 65.4 Å². The van der Waals surface area contributed by atoms with Gasteiger partial charge < -0.3 is 14.8 Å². The van der Waals surface area contributed by atoms with Crippen molar-refractivity contribution in [1.82, 2.24) is 15.1 Å². The zero-order valence-corrected chi connectivity index (χ0v) is 15.5. The number of ether oxygens (including phenoxy) is 2. The first-order valence-corrected chi connectivity index (χ1v) is 8.91. The van der Waals surface area contributed by atoms with Gasteiger partial charge in [0.2, 0.25) is 0 Å². The Labute approximate surface area is 156 Å². The van der Waals surface area contributed by atoms with Gasteiger partial charge in [0.15, 0.2) is 17.2 Å². The number of nitrogens with zero attached hydrogens (tertiary/aromatic N) is 2. The van der Waals surface area contributed by atoms with Crippen LogP contribution in [0.2, 0.25) is 0 Å². The van der Waals surface area contributed by atoms with Crippen LogP contribution in [0.5, 0.6) is 11.5 Å². The number of hydrogen-bond acceptors (Lipinski definition) is 4. The van der Waals surface area contributed by atoms with Gasteiger partial charge in [-0.25, -0.2) is 8.78 Å². The minimum atomic E-state index is -2.77. The van der Waals surface area contributed by atoms with Crippen molar-refractivity contribution in [3.05, 3.63) is 41.2 Å². The lowest BCUT2D eigenvalue weighted by Crippen LogP contribution is -2.28. The smallest absolute Gasteiger partial charge is 0.272 e. The van der Waals surface area contributed by atoms with Crippen LogP contribution >= 0.6 is 0 Å². The van der Waals surface area contributed by atoms with Gasteiger partial charge in [-0.15, -0.1) is 0 Å². The second-order valence-corrected chi connectivity index (χ2v) is 6.95. The van der Waals surface area contributed by atoms with Gasteiger partial charge in [0.25, 0.3) is 12.3 Å². The number of hydrogen-bond donors (Lipinski definition) is 1. The van der Waals surface area contributed by atoms with Gasteiger partial charge in [-0.2, -0.15) is 5.10 Å². The van der Waals surface area contributed by atoms with Crippen molar-refractivity contribution in [2.24, 2.45) is 5.92 Å². The van der Waals surface area contributed by atoms with Crippen molar-refractivity contribution in [2.45, 2.75) is 39.8 Å². The molecule has 0 bridgehead atoms. The molecule has 146 valence electrons. The number of alkyl halides is 2. The second-order valence-electron chi connectivity index (χ2n) is 6.95. The largest absolute Gasteiger partial charge is 0.486 e. The lowest BCUT2D eigenvalue weighted by atomic mass is 10.1. The second kappa shape index (κ2) is 7.94. The van der Waals surface area contributed by atoms with Crippen LogP contribution in [0.4, 0.5) is 8.78 Å². The summed E-state index contributed by atoms with van der Waals surface area (Å²) < 4.78 is 39.1. The number of carbonyl (C=O) groups excluding carboxylic acids is 1. The average Bonchev–Trinajstić information content (AvgIpc) is 3.04. The quantitative estimate of drug-likeness (QED) is 0.830. The summed E-state index contributed by atoms with van der Waals surface area (Å²) in [6.07, 6.45) is -1.52. The highest BCUT2D eigenvalue weighted by Crippen LogP contribution is 2.32. The summed E-state index contributed by atoms with van der Waals surface area (Å²) in [5, 5.41) is 6.81. The van der Waals surface area contributed by atoms with E-state index < -0.39 is 18.4 Å². The van der Waals surface area contributed by atoms with Gasteiger partial charge in [0, 0.05) is 12.7 Å². The number of amides is 1. The first-order valence-electron chi connectivity index (χ1n) is 8.91. The molecule has 8 heteroatoms. The Morgan fingerprint density at radius 3 is 2.59 bits per heavy atom. The molecule has 3 rings (SSSR count). The van der Waals surface area contributed by atoms with Gasteiger partial charge >= 0.3 is 0 Å². The Bertz CT molecular complexity index is 821. The zero-order chi connectivity index (χ0) is 19.6. The van der Waals surface area contributed by atoms with Crippen LogP contribution in [0.1, 0.15) is 54.9 Å². The first kappa shape index (κ1) is 19.1. The average molecular weight is 379 g/mol. The molecule has 1 N–H and O–H groups in total. The molecule has 0 radical (unpaired) electrons. The van der Waals surface area contributed by atoms with E-state index in [9.17, 15) is 13.6 Å². The van der Waals surface area contributed by atoms with E-state index in [2.05, 4.69) is 10.4 Å². The Balaban J connectivity index is 1.77. The van der Waals surface area contributed by atoms with E-state index in [-0.39, 0.29) is 17.2 Å². The molecule has 1 aliphatic rings. The van der Waals surface area contributed by atoms with Crippen molar-refractivity contribution < 1.29 is 23.0 Å². The molecule has 0 aliphatic carbocycles. The first-order chi connectivity index (χ1) is 12.8. The molecule has 0 spiro atoms. The lowest BCUT2D eigenvalue weighted by molar-refractivity contribution is 0.0920. The fraction of sp³-hybridized carbons (Fsp3) is 0.474. The van der Waals surface area contributed by atoms with Crippen molar-refractivity contribution >= 4 is 5.91 Å². The summed E-state index contributed by atoms with van der Waals surface area (Å²) in [4.78, 5) is 12.6. The van der Waals surface area contributed by atoms with Gasteiger partial charge in [-0.3, -0.25) is 9.48 Å². The summed E-state index contributed by atoms with van der Waals surface area (Å²) in [7, 11) is 0. The molecule has 0 saturated heterocycles. The van der Waals surface area contributed by atoms with Crippen LogP contribution < -0.4 is 14.8 Å². The molecular weight excluding hydrogens is 356 g/mol. The summed E-state index contributed by atoms with van der Waals surface area (Å²) >= 11 is 0. The Morgan fingerprint density at radius 1 is 1.22 bits per heavy atom. The third kappa shape index (κ3) is 4.37. The Morgan fingerprint density at radius 2 is 1.93 bits per heavy atom. The fourth-order valence-corrected chi connectivity index (χ4v) is 2.92. The van der Waals surface area contributed by atoms with E-state index in [1.165, 1.54) is 10.9 Å². The van der Waals surface area contributed by atoms with E-state index in [0.717, 1.165) is 5.56 Å². The monoisotopic (exact) mass is 379 g/mol. The van der Waals surface area contributed by atoms with E-state index in [1.54, 1.807) is 19.1 Å². The maximum atomic E-state index is 13.3. The van der Waals surface area contributed by atoms with Crippen molar-refractivity contribution in [3.63, 3.8) is 0 Å². The van der Waals surface area contributed by atoms with Crippen LogP contribution in [0.25, 0.3) is 0 Å². The Kier molecular flexibility index (Phi) is 5.62. The molecule has 1 aliphatic heterocycles. The van der Waals surface area contributed by atoms with Gasteiger partial charge in [0.1, 0.15) is 13.2 Å². The van der Waals surface area contributed by atoms with Gasteiger partial charge in [-0.1, -0.05) is 19.9 Å². The molecule has 1 atom stereocenters. The molecule has 0 fully saturated rings. The maximum Gasteiger partial charge on any atom is 0.272 e. The minimum Gasteiger partial charge on any atom is -0.486 e. The highest BCUT2D eigenvalue weighted by atomic mass is 19.3. The molecule has 1 aromatic heterocycles. The van der Waals surface area contributed by atoms with Crippen LogP contribution in [-0.4, -0.2) is 28.9 Å². The molecule has 1 amide bonds. The number of aromatic nitrogens is 2. The third-order valence-corrected chi connectivity index (χ3v) is 4.21. The maximum absolute atomic E-state index is 13.3. The van der Waals surface area contributed by atoms with Crippen LogP contribution in [0, 0.1) is 5.92 Å². The SMILES string of the molecule is CC(C)Cn1cc(C(F)F)c(C(=O)NC(C)c2ccc3c(c2)OCCO3)n1. The standard InChI is InChI=1S/C19H23F2N3O3/c1-11(2)9-24-10-14(18(20)21)17(23-24)19(25)22-12(3)13-4-5-15-16(8-13)27-7-6-26-15/h4-5,8,10-12,18H,6-7,9H2,1-3H3,(H,22,25). The predicted octanol–water partition coefficient (Wildman–Crippen LogP) is 3.74. The van der Waals surface area contributed by atoms with Crippen LogP contribution in [0.3, 0.4) is 0 Å². The lowest BCUT2D eigenvalue weighted by Gasteiger charge is -2.21. The van der Waals surface area contributed by atoms with Crippen molar-refractivity contribution in [3.8, 4) is 11.5 Å². The van der Waals surface area contributed by atoms with Crippen molar-refractivity contribution in [1.29, 1.82) is 0 Å². The number of rotatable bonds is 6. The van der Waals surface area contributed by atoms with E-state index in [0.29, 0.717) is 31.3 Å². The Hall–Kier alpha value is -2.64. The highest BCUT2D eigenvalue weighted by molar-refractivity contribution is 5.94. The molecule has 1 unspecified atom stereocenters. The molecule has 6 nitrogen and oxygen atoms in total.